The summed E-state index contributed by atoms with van der Waals surface area (Å²) < 4.78 is 10.5. The fourth-order valence-corrected chi connectivity index (χ4v) is 2.87. The van der Waals surface area contributed by atoms with Crippen molar-refractivity contribution in [3.8, 4) is 22.8 Å². The number of nitrogens with zero attached hydrogens (tertiary/aromatic N) is 3. The molecule has 4 rings (SSSR count). The lowest BCUT2D eigenvalue weighted by Gasteiger charge is -2.19. The average molecular weight is 449 g/mol. The van der Waals surface area contributed by atoms with E-state index in [4.69, 9.17) is 9.15 Å². The Hall–Kier alpha value is -4.41. The molecule has 1 aromatic carbocycles. The van der Waals surface area contributed by atoms with E-state index < -0.39 is 11.7 Å². The van der Waals surface area contributed by atoms with E-state index in [1.807, 2.05) is 0 Å². The number of rotatable bonds is 6. The molecule has 0 fully saturated rings. The number of carbonyl (C=O) groups excluding carboxylic acids is 2. The molecule has 0 bridgehead atoms. The zero-order valence-corrected chi connectivity index (χ0v) is 18.3. The summed E-state index contributed by atoms with van der Waals surface area (Å²) in [5, 5.41) is 19.2. The molecule has 0 saturated carbocycles. The van der Waals surface area contributed by atoms with Crippen LogP contribution in [0.1, 0.15) is 37.1 Å². The van der Waals surface area contributed by atoms with Gasteiger partial charge in [-0.3, -0.25) is 15.0 Å². The topological polar surface area (TPSA) is 151 Å². The molecule has 0 aliphatic carbocycles. The van der Waals surface area contributed by atoms with Crippen molar-refractivity contribution >= 4 is 17.7 Å². The van der Waals surface area contributed by atoms with E-state index in [0.29, 0.717) is 28.8 Å². The van der Waals surface area contributed by atoms with Gasteiger partial charge in [0.15, 0.2) is 17.3 Å². The highest BCUT2D eigenvalue weighted by atomic mass is 16.6. The number of hydrogen-bond acceptors (Lipinski definition) is 7. The third-order valence-electron chi connectivity index (χ3n) is 4.33. The van der Waals surface area contributed by atoms with Gasteiger partial charge in [0, 0.05) is 17.3 Å². The summed E-state index contributed by atoms with van der Waals surface area (Å²) in [6, 6.07) is 12.2. The molecule has 0 unspecified atom stereocenters. The Labute approximate surface area is 189 Å². The van der Waals surface area contributed by atoms with Gasteiger partial charge >= 0.3 is 6.09 Å². The number of H-pyrrole nitrogens is 2. The van der Waals surface area contributed by atoms with Gasteiger partial charge in [-0.25, -0.2) is 9.78 Å². The Morgan fingerprint density at radius 1 is 1.09 bits per heavy atom. The van der Waals surface area contributed by atoms with E-state index in [0.717, 1.165) is 5.56 Å². The van der Waals surface area contributed by atoms with Crippen LogP contribution in [0.4, 0.5) is 10.5 Å². The summed E-state index contributed by atoms with van der Waals surface area (Å²) in [5.74, 6) is 1.19. The van der Waals surface area contributed by atoms with Gasteiger partial charge in [-0.05, 0) is 57.2 Å². The minimum atomic E-state index is -0.577. The Balaban J connectivity index is 1.34. The molecule has 0 aliphatic rings. The molecule has 4 aromatic rings. The average Bonchev–Trinajstić information content (AvgIpc) is 3.53. The molecule has 33 heavy (non-hydrogen) atoms. The summed E-state index contributed by atoms with van der Waals surface area (Å²) in [7, 11) is 0. The number of ether oxygens (including phenoxy) is 1. The third-order valence-corrected chi connectivity index (χ3v) is 4.33. The maximum Gasteiger partial charge on any atom is 0.408 e. The zero-order valence-electron chi connectivity index (χ0n) is 18.3. The summed E-state index contributed by atoms with van der Waals surface area (Å²) >= 11 is 0. The lowest BCUT2D eigenvalue weighted by molar-refractivity contribution is 0.0522. The van der Waals surface area contributed by atoms with Crippen molar-refractivity contribution in [2.24, 2.45) is 0 Å². The molecule has 0 aliphatic heterocycles. The van der Waals surface area contributed by atoms with Gasteiger partial charge in [0.1, 0.15) is 17.1 Å². The maximum absolute atomic E-state index is 12.5. The second-order valence-corrected chi connectivity index (χ2v) is 8.14. The minimum Gasteiger partial charge on any atom is -0.463 e. The van der Waals surface area contributed by atoms with Crippen molar-refractivity contribution in [1.82, 2.24) is 30.7 Å². The fraction of sp³-hybridized carbons (Fsp3) is 0.227. The van der Waals surface area contributed by atoms with Gasteiger partial charge in [0.25, 0.3) is 5.91 Å². The summed E-state index contributed by atoms with van der Waals surface area (Å²) in [4.78, 5) is 28.6. The van der Waals surface area contributed by atoms with E-state index in [9.17, 15) is 9.59 Å². The lowest BCUT2D eigenvalue weighted by Crippen LogP contribution is -2.32. The van der Waals surface area contributed by atoms with Crippen LogP contribution in [0.15, 0.2) is 53.1 Å². The van der Waals surface area contributed by atoms with Crippen molar-refractivity contribution in [3.05, 3.63) is 60.2 Å². The normalized spacial score (nSPS) is 11.2. The standard InChI is InChI=1S/C22H23N7O4/c1-22(2,3)33-21(31)23-12-18-25-19(29-28-18)13-6-8-14(9-7-13)24-20(30)16-11-15(26-27-16)17-5-4-10-32-17/h4-11H,12H2,1-3H3,(H,23,31)(H,24,30)(H,26,27)(H,25,28,29). The molecule has 2 amide bonds. The van der Waals surface area contributed by atoms with Crippen LogP contribution in [0.25, 0.3) is 22.8 Å². The van der Waals surface area contributed by atoms with Crippen LogP contribution in [0.2, 0.25) is 0 Å². The number of anilines is 1. The van der Waals surface area contributed by atoms with E-state index in [-0.39, 0.29) is 18.1 Å². The number of furan rings is 1. The first-order chi connectivity index (χ1) is 15.8. The molecular weight excluding hydrogens is 426 g/mol. The van der Waals surface area contributed by atoms with Crippen LogP contribution in [-0.4, -0.2) is 43.0 Å². The Morgan fingerprint density at radius 3 is 2.58 bits per heavy atom. The number of amides is 2. The molecule has 4 N–H and O–H groups in total. The molecule has 11 nitrogen and oxygen atoms in total. The van der Waals surface area contributed by atoms with Crippen LogP contribution >= 0.6 is 0 Å². The monoisotopic (exact) mass is 449 g/mol. The smallest absolute Gasteiger partial charge is 0.408 e. The SMILES string of the molecule is CC(C)(C)OC(=O)NCc1nc(-c2ccc(NC(=O)c3cc(-c4ccco4)[nH]n3)cc2)n[nH]1. The van der Waals surface area contributed by atoms with Crippen LogP contribution in [-0.2, 0) is 11.3 Å². The van der Waals surface area contributed by atoms with Gasteiger partial charge in [-0.15, -0.1) is 0 Å². The van der Waals surface area contributed by atoms with Gasteiger partial charge in [0.05, 0.1) is 12.8 Å². The van der Waals surface area contributed by atoms with Gasteiger partial charge in [-0.2, -0.15) is 10.2 Å². The van der Waals surface area contributed by atoms with E-state index in [1.165, 1.54) is 0 Å². The van der Waals surface area contributed by atoms with Gasteiger partial charge in [0.2, 0.25) is 0 Å². The number of alkyl carbamates (subject to hydrolysis) is 1. The minimum absolute atomic E-state index is 0.152. The predicted octanol–water partition coefficient (Wildman–Crippen LogP) is 3.73. The molecule has 11 heteroatoms. The highest BCUT2D eigenvalue weighted by molar-refractivity contribution is 6.03. The molecule has 0 spiro atoms. The molecule has 0 atom stereocenters. The van der Waals surface area contributed by atoms with Crippen LogP contribution in [0.3, 0.4) is 0 Å². The first-order valence-corrected chi connectivity index (χ1v) is 10.2. The van der Waals surface area contributed by atoms with Crippen molar-refractivity contribution in [2.45, 2.75) is 32.9 Å². The largest absolute Gasteiger partial charge is 0.463 e. The summed E-state index contributed by atoms with van der Waals surface area (Å²) in [6.07, 6.45) is 1.01. The van der Waals surface area contributed by atoms with Crippen LogP contribution in [0, 0.1) is 0 Å². The van der Waals surface area contributed by atoms with Crippen molar-refractivity contribution < 1.29 is 18.7 Å². The number of aromatic nitrogens is 5. The number of carbonyl (C=O) groups is 2. The first kappa shape index (κ1) is 21.8. The predicted molar refractivity (Wildman–Crippen MR) is 119 cm³/mol. The van der Waals surface area contributed by atoms with Gasteiger partial charge in [-0.1, -0.05) is 0 Å². The molecule has 3 aromatic heterocycles. The number of hydrogen-bond donors (Lipinski definition) is 4. The summed E-state index contributed by atoms with van der Waals surface area (Å²) in [6.45, 7) is 5.52. The number of nitrogens with one attached hydrogen (secondary N) is 4. The fourth-order valence-electron chi connectivity index (χ4n) is 2.87. The van der Waals surface area contributed by atoms with Crippen LogP contribution < -0.4 is 10.6 Å². The number of aromatic amines is 2. The van der Waals surface area contributed by atoms with Gasteiger partial charge < -0.3 is 19.8 Å². The van der Waals surface area contributed by atoms with Crippen molar-refractivity contribution in [1.29, 1.82) is 0 Å². The highest BCUT2D eigenvalue weighted by Gasteiger charge is 2.17. The quantitative estimate of drug-likeness (QED) is 0.350. The van der Waals surface area contributed by atoms with Crippen molar-refractivity contribution in [2.75, 3.05) is 5.32 Å². The highest BCUT2D eigenvalue weighted by Crippen LogP contribution is 2.20. The second kappa shape index (κ2) is 8.99. The first-order valence-electron chi connectivity index (χ1n) is 10.2. The molecular formula is C22H23N7O4. The number of benzene rings is 1. The van der Waals surface area contributed by atoms with Crippen molar-refractivity contribution in [3.63, 3.8) is 0 Å². The molecule has 170 valence electrons. The molecule has 0 saturated heterocycles. The Bertz CT molecular complexity index is 1230. The summed E-state index contributed by atoms with van der Waals surface area (Å²) in [5.41, 5.74) is 1.61. The van der Waals surface area contributed by atoms with Crippen LogP contribution in [0.5, 0.6) is 0 Å². The Kier molecular flexibility index (Phi) is 5.94. The molecule has 3 heterocycles. The van der Waals surface area contributed by atoms with E-state index >= 15 is 0 Å². The second-order valence-electron chi connectivity index (χ2n) is 8.14. The Morgan fingerprint density at radius 2 is 1.88 bits per heavy atom. The maximum atomic E-state index is 12.5. The van der Waals surface area contributed by atoms with E-state index in [2.05, 4.69) is 36.0 Å². The zero-order chi connectivity index (χ0) is 23.4. The third kappa shape index (κ3) is 5.64. The molecule has 0 radical (unpaired) electrons. The lowest BCUT2D eigenvalue weighted by atomic mass is 10.2. The van der Waals surface area contributed by atoms with E-state index in [1.54, 1.807) is 69.5 Å².